The molecule has 1 saturated heterocycles. The smallest absolute Gasteiger partial charge is 0.291 e. The number of amides is 1. The first kappa shape index (κ1) is 17.9. The summed E-state index contributed by atoms with van der Waals surface area (Å²) < 4.78 is 5.52. The highest BCUT2D eigenvalue weighted by Crippen LogP contribution is 2.34. The van der Waals surface area contributed by atoms with Gasteiger partial charge in [-0.15, -0.1) is 0 Å². The van der Waals surface area contributed by atoms with E-state index in [9.17, 15) is 4.79 Å². The molecule has 0 spiro atoms. The third-order valence-electron chi connectivity index (χ3n) is 4.73. The van der Waals surface area contributed by atoms with Gasteiger partial charge in [0.25, 0.3) is 5.91 Å². The van der Waals surface area contributed by atoms with Crippen LogP contribution in [0.1, 0.15) is 12.5 Å². The molecule has 1 amide bonds. The fraction of sp³-hybridized carbons (Fsp3) is 0.125. The summed E-state index contributed by atoms with van der Waals surface area (Å²) in [6.07, 6.45) is 1.80. The number of para-hydroxylation sites is 2. The van der Waals surface area contributed by atoms with Crippen molar-refractivity contribution in [2.24, 2.45) is 0 Å². The van der Waals surface area contributed by atoms with Gasteiger partial charge in [0.15, 0.2) is 12.5 Å². The van der Waals surface area contributed by atoms with Crippen LogP contribution in [0.15, 0.2) is 90.7 Å². The van der Waals surface area contributed by atoms with Crippen molar-refractivity contribution >= 4 is 29.0 Å². The largest absolute Gasteiger partial charge is 0.467 e. The van der Waals surface area contributed by atoms with Gasteiger partial charge < -0.3 is 14.5 Å². The number of rotatable bonds is 5. The van der Waals surface area contributed by atoms with Gasteiger partial charge in [0.1, 0.15) is 0 Å². The van der Waals surface area contributed by atoms with E-state index in [0.717, 1.165) is 22.6 Å². The van der Waals surface area contributed by atoms with Crippen molar-refractivity contribution in [3.8, 4) is 0 Å². The van der Waals surface area contributed by atoms with Crippen LogP contribution < -0.4 is 4.90 Å². The van der Waals surface area contributed by atoms with Crippen molar-refractivity contribution in [3.05, 3.63) is 96.3 Å². The van der Waals surface area contributed by atoms with Crippen LogP contribution in [0, 0.1) is 0 Å². The topological polar surface area (TPSA) is 32.8 Å². The Labute approximate surface area is 165 Å². The van der Waals surface area contributed by atoms with Crippen molar-refractivity contribution in [3.63, 3.8) is 0 Å². The van der Waals surface area contributed by atoms with Gasteiger partial charge in [-0.3, -0.25) is 4.79 Å². The van der Waals surface area contributed by atoms with E-state index in [4.69, 9.17) is 4.74 Å². The second kappa shape index (κ2) is 8.01. The first-order chi connectivity index (χ1) is 13.8. The molecule has 3 aromatic carbocycles. The molecule has 28 heavy (non-hydrogen) atoms. The Kier molecular flexibility index (Phi) is 5.11. The van der Waals surface area contributed by atoms with E-state index in [-0.39, 0.29) is 5.91 Å². The number of hydrogen-bond acceptors (Lipinski definition) is 3. The second-order valence-electron chi connectivity index (χ2n) is 6.54. The Morgan fingerprint density at radius 1 is 0.857 bits per heavy atom. The quantitative estimate of drug-likeness (QED) is 0.569. The van der Waals surface area contributed by atoms with Gasteiger partial charge in [0.05, 0.1) is 0 Å². The third kappa shape index (κ3) is 3.62. The molecular formula is C24H22N2O2. The van der Waals surface area contributed by atoms with E-state index in [1.54, 1.807) is 11.0 Å². The number of anilines is 3. The molecule has 1 fully saturated rings. The monoisotopic (exact) mass is 370 g/mol. The van der Waals surface area contributed by atoms with E-state index in [1.807, 2.05) is 55.5 Å². The van der Waals surface area contributed by atoms with Crippen LogP contribution in [0.2, 0.25) is 0 Å². The number of carbonyl (C=O) groups is 1. The van der Waals surface area contributed by atoms with E-state index < -0.39 is 0 Å². The Morgan fingerprint density at radius 2 is 1.39 bits per heavy atom. The van der Waals surface area contributed by atoms with E-state index in [2.05, 4.69) is 41.3 Å². The molecule has 1 aliphatic rings. The molecule has 3 aromatic rings. The number of likely N-dealkylation sites (N-methyl/N-ethyl adjacent to an activating group) is 1. The molecule has 0 unspecified atom stereocenters. The summed E-state index contributed by atoms with van der Waals surface area (Å²) in [6.45, 7) is 2.92. The summed E-state index contributed by atoms with van der Waals surface area (Å²) in [5, 5.41) is 0. The van der Waals surface area contributed by atoms with Gasteiger partial charge in [-0.2, -0.15) is 0 Å². The molecule has 0 atom stereocenters. The highest BCUT2D eigenvalue weighted by molar-refractivity contribution is 5.97. The lowest BCUT2D eigenvalue weighted by Crippen LogP contribution is -2.24. The molecule has 4 heteroatoms. The molecular weight excluding hydrogens is 348 g/mol. The third-order valence-corrected chi connectivity index (χ3v) is 4.73. The van der Waals surface area contributed by atoms with E-state index in [1.165, 1.54) is 0 Å². The average molecular weight is 370 g/mol. The molecule has 4 rings (SSSR count). The predicted molar refractivity (Wildman–Crippen MR) is 112 cm³/mol. The standard InChI is InChI=1S/C24H22N2O2/c1-2-25-18-28-23(24(25)27)17-19-13-15-22(16-14-19)26(20-9-5-3-6-10-20)21-11-7-4-8-12-21/h3-17H,2,18H2,1H3/b23-17+. The minimum Gasteiger partial charge on any atom is -0.467 e. The fourth-order valence-electron chi connectivity index (χ4n) is 3.23. The van der Waals surface area contributed by atoms with Gasteiger partial charge in [0.2, 0.25) is 0 Å². The van der Waals surface area contributed by atoms with Crippen molar-refractivity contribution in [2.45, 2.75) is 6.92 Å². The van der Waals surface area contributed by atoms with Crippen molar-refractivity contribution in [1.29, 1.82) is 0 Å². The molecule has 0 N–H and O–H groups in total. The minimum absolute atomic E-state index is 0.0539. The van der Waals surface area contributed by atoms with Crippen LogP contribution in [0.25, 0.3) is 6.08 Å². The SMILES string of the molecule is CCN1CO/C(=C/c2ccc(N(c3ccccc3)c3ccccc3)cc2)C1=O. The Balaban J connectivity index is 1.65. The Morgan fingerprint density at radius 3 is 1.89 bits per heavy atom. The lowest BCUT2D eigenvalue weighted by molar-refractivity contribution is -0.124. The number of benzene rings is 3. The average Bonchev–Trinajstić information content (AvgIpc) is 3.10. The molecule has 0 saturated carbocycles. The highest BCUT2D eigenvalue weighted by Gasteiger charge is 2.26. The maximum atomic E-state index is 12.2. The number of carbonyl (C=O) groups excluding carboxylic acids is 1. The summed E-state index contributed by atoms with van der Waals surface area (Å²) >= 11 is 0. The van der Waals surface area contributed by atoms with Crippen molar-refractivity contribution < 1.29 is 9.53 Å². The zero-order valence-corrected chi connectivity index (χ0v) is 15.8. The molecule has 140 valence electrons. The van der Waals surface area contributed by atoms with E-state index in [0.29, 0.717) is 19.0 Å². The van der Waals surface area contributed by atoms with Crippen LogP contribution >= 0.6 is 0 Å². The minimum atomic E-state index is -0.0539. The van der Waals surface area contributed by atoms with E-state index >= 15 is 0 Å². The molecule has 1 heterocycles. The summed E-state index contributed by atoms with van der Waals surface area (Å²) in [5.74, 6) is 0.347. The lowest BCUT2D eigenvalue weighted by Gasteiger charge is -2.25. The summed E-state index contributed by atoms with van der Waals surface area (Å²) in [4.78, 5) is 16.1. The highest BCUT2D eigenvalue weighted by atomic mass is 16.5. The van der Waals surface area contributed by atoms with Gasteiger partial charge in [-0.1, -0.05) is 48.5 Å². The Hall–Kier alpha value is -3.53. The maximum absolute atomic E-state index is 12.2. The Bertz CT molecular complexity index is 927. The predicted octanol–water partition coefficient (Wildman–Crippen LogP) is 5.33. The number of ether oxygens (including phenoxy) is 1. The second-order valence-corrected chi connectivity index (χ2v) is 6.54. The molecule has 0 aliphatic carbocycles. The van der Waals surface area contributed by atoms with Gasteiger partial charge in [0, 0.05) is 23.6 Å². The first-order valence-electron chi connectivity index (χ1n) is 9.40. The first-order valence-corrected chi connectivity index (χ1v) is 9.40. The van der Waals surface area contributed by atoms with Crippen LogP contribution in [0.4, 0.5) is 17.1 Å². The summed E-state index contributed by atoms with van der Waals surface area (Å²) in [6, 6.07) is 28.7. The molecule has 0 radical (unpaired) electrons. The zero-order valence-electron chi connectivity index (χ0n) is 15.8. The maximum Gasteiger partial charge on any atom is 0.291 e. The molecule has 4 nitrogen and oxygen atoms in total. The van der Waals surface area contributed by atoms with Crippen LogP contribution in [0.5, 0.6) is 0 Å². The molecule has 1 aliphatic heterocycles. The van der Waals surface area contributed by atoms with Crippen LogP contribution in [0.3, 0.4) is 0 Å². The zero-order chi connectivity index (χ0) is 19.3. The number of nitrogens with zero attached hydrogens (tertiary/aromatic N) is 2. The summed E-state index contributed by atoms with van der Waals surface area (Å²) in [7, 11) is 0. The normalized spacial score (nSPS) is 15.0. The van der Waals surface area contributed by atoms with Gasteiger partial charge in [-0.25, -0.2) is 0 Å². The van der Waals surface area contributed by atoms with Crippen LogP contribution in [-0.4, -0.2) is 24.1 Å². The summed E-state index contributed by atoms with van der Waals surface area (Å²) in [5.41, 5.74) is 4.17. The molecule has 0 aromatic heterocycles. The van der Waals surface area contributed by atoms with Gasteiger partial charge in [-0.05, 0) is 55.0 Å². The number of hydrogen-bond donors (Lipinski definition) is 0. The van der Waals surface area contributed by atoms with Crippen molar-refractivity contribution in [2.75, 3.05) is 18.2 Å². The fourth-order valence-corrected chi connectivity index (χ4v) is 3.23. The van der Waals surface area contributed by atoms with Gasteiger partial charge >= 0.3 is 0 Å². The van der Waals surface area contributed by atoms with Crippen LogP contribution in [-0.2, 0) is 9.53 Å². The lowest BCUT2D eigenvalue weighted by atomic mass is 10.1. The van der Waals surface area contributed by atoms with Crippen molar-refractivity contribution in [1.82, 2.24) is 4.90 Å². The molecule has 0 bridgehead atoms.